The van der Waals surface area contributed by atoms with Crippen LogP contribution in [0.3, 0.4) is 0 Å². The van der Waals surface area contributed by atoms with Gasteiger partial charge in [0.25, 0.3) is 0 Å². The summed E-state index contributed by atoms with van der Waals surface area (Å²) in [6.07, 6.45) is 0.0711. The van der Waals surface area contributed by atoms with Crippen molar-refractivity contribution in [1.82, 2.24) is 20.9 Å². The van der Waals surface area contributed by atoms with Crippen molar-refractivity contribution < 1.29 is 38.9 Å². The van der Waals surface area contributed by atoms with Crippen LogP contribution in [0.1, 0.15) is 25.0 Å². The van der Waals surface area contributed by atoms with Gasteiger partial charge in [0.2, 0.25) is 17.7 Å². The molecule has 2 heterocycles. The summed E-state index contributed by atoms with van der Waals surface area (Å²) in [6, 6.07) is 10.0. The van der Waals surface area contributed by atoms with E-state index in [0.29, 0.717) is 31.9 Å². The van der Waals surface area contributed by atoms with Crippen LogP contribution in [0.25, 0.3) is 0 Å². The van der Waals surface area contributed by atoms with Crippen molar-refractivity contribution in [3.63, 3.8) is 0 Å². The highest BCUT2D eigenvalue weighted by Gasteiger charge is 2.50. The highest BCUT2D eigenvalue weighted by Crippen LogP contribution is 2.29. The normalized spacial score (nSPS) is 20.5. The molecule has 0 unspecified atom stereocenters. The first-order valence-corrected chi connectivity index (χ1v) is 14.0. The van der Waals surface area contributed by atoms with Gasteiger partial charge < -0.3 is 35.6 Å². The maximum Gasteiger partial charge on any atom is 0.243 e. The van der Waals surface area contributed by atoms with E-state index in [2.05, 4.69) is 16.0 Å². The Morgan fingerprint density at radius 3 is 2.24 bits per heavy atom. The van der Waals surface area contributed by atoms with Gasteiger partial charge in [-0.2, -0.15) is 0 Å². The summed E-state index contributed by atoms with van der Waals surface area (Å²) >= 11 is 0. The molecule has 12 heteroatoms. The van der Waals surface area contributed by atoms with E-state index in [0.717, 1.165) is 11.6 Å². The van der Waals surface area contributed by atoms with Crippen molar-refractivity contribution in [2.24, 2.45) is 0 Å². The molecule has 0 spiro atoms. The van der Waals surface area contributed by atoms with E-state index in [-0.39, 0.29) is 49.2 Å². The molecule has 0 saturated carbocycles. The summed E-state index contributed by atoms with van der Waals surface area (Å²) in [5, 5.41) is 28.2. The molecule has 42 heavy (non-hydrogen) atoms. The number of epoxide rings is 1. The monoisotopic (exact) mass is 582 g/mol. The number of nitrogens with zero attached hydrogens (tertiary/aromatic N) is 1. The second-order valence-corrected chi connectivity index (χ2v) is 10.9. The molecule has 2 aromatic rings. The molecule has 2 aromatic carbocycles. The third kappa shape index (κ3) is 8.51. The fourth-order valence-electron chi connectivity index (χ4n) is 4.72. The molecule has 12 nitrogen and oxygen atoms in total. The topological polar surface area (TPSA) is 170 Å². The third-order valence-corrected chi connectivity index (χ3v) is 7.38. The number of hydrogen-bond acceptors (Lipinski definition) is 9. The van der Waals surface area contributed by atoms with Gasteiger partial charge >= 0.3 is 0 Å². The van der Waals surface area contributed by atoms with E-state index >= 15 is 0 Å². The molecule has 226 valence electrons. The average Bonchev–Trinajstić information content (AvgIpc) is 3.72. The molecule has 0 aromatic heterocycles. The Hall–Kier alpha value is -4.00. The number of carbonyl (C=O) groups is 4. The molecular formula is C30H38N4O8. The molecule has 3 amide bonds. The SMILES string of the molecule is C[C@H](NC(=O)CN1CCOCC1)C(=O)N[C@@H](Cc1ccc(O)cc1O)C(=O)N[C@@H](Cc1ccccc1)C(=O)[C@@]1(C)CO1. The number of ketones is 1. The van der Waals surface area contributed by atoms with Crippen molar-refractivity contribution >= 4 is 23.5 Å². The number of aromatic hydroxyl groups is 2. The number of benzene rings is 2. The predicted molar refractivity (Wildman–Crippen MR) is 152 cm³/mol. The molecule has 2 aliphatic heterocycles. The van der Waals surface area contributed by atoms with Crippen LogP contribution in [0.15, 0.2) is 48.5 Å². The number of rotatable bonds is 13. The van der Waals surface area contributed by atoms with Gasteiger partial charge in [0.05, 0.1) is 32.4 Å². The second-order valence-electron chi connectivity index (χ2n) is 10.9. The van der Waals surface area contributed by atoms with Gasteiger partial charge in [-0.25, -0.2) is 0 Å². The molecule has 2 saturated heterocycles. The lowest BCUT2D eigenvalue weighted by Gasteiger charge is -2.27. The molecule has 0 aliphatic carbocycles. The van der Waals surface area contributed by atoms with Gasteiger partial charge in [0.15, 0.2) is 5.78 Å². The first-order valence-electron chi connectivity index (χ1n) is 14.0. The van der Waals surface area contributed by atoms with Gasteiger partial charge in [-0.1, -0.05) is 36.4 Å². The number of morpholine rings is 1. The number of ether oxygens (including phenoxy) is 2. The standard InChI is InChI=1S/C30H38N4O8/c1-19(31-26(37)17-34-10-12-41-13-11-34)28(39)33-24(15-21-8-9-22(35)16-25(21)36)29(40)32-23(27(38)30(2)18-42-30)14-20-6-4-3-5-7-20/h3-9,16,19,23-24,35-36H,10-15,17-18H2,1-2H3,(H,31,37)(H,32,40)(H,33,39)/t19-,23-,24-,30+/m0/s1. The van der Waals surface area contributed by atoms with E-state index in [1.165, 1.54) is 19.1 Å². The summed E-state index contributed by atoms with van der Waals surface area (Å²) in [7, 11) is 0. The van der Waals surface area contributed by atoms with Crippen molar-refractivity contribution in [3.05, 3.63) is 59.7 Å². The van der Waals surface area contributed by atoms with Crippen molar-refractivity contribution in [2.75, 3.05) is 39.5 Å². The fourth-order valence-corrected chi connectivity index (χ4v) is 4.72. The highest BCUT2D eigenvalue weighted by molar-refractivity contribution is 5.98. The number of carbonyl (C=O) groups excluding carboxylic acids is 4. The Morgan fingerprint density at radius 1 is 0.929 bits per heavy atom. The minimum Gasteiger partial charge on any atom is -0.508 e. The Kier molecular flexibility index (Phi) is 10.2. The van der Waals surface area contributed by atoms with Crippen molar-refractivity contribution in [1.29, 1.82) is 0 Å². The second kappa shape index (κ2) is 13.8. The lowest BCUT2D eigenvalue weighted by atomic mass is 9.94. The van der Waals surface area contributed by atoms with E-state index in [4.69, 9.17) is 9.47 Å². The first kappa shape index (κ1) is 30.9. The zero-order chi connectivity index (χ0) is 30.3. The summed E-state index contributed by atoms with van der Waals surface area (Å²) in [5.74, 6) is -2.33. The first-order chi connectivity index (χ1) is 20.0. The smallest absolute Gasteiger partial charge is 0.243 e. The Balaban J connectivity index is 1.48. The lowest BCUT2D eigenvalue weighted by molar-refractivity contribution is -0.134. The number of phenols is 2. The van der Waals surface area contributed by atoms with Gasteiger partial charge in [-0.05, 0) is 37.5 Å². The van der Waals surface area contributed by atoms with E-state index in [9.17, 15) is 29.4 Å². The van der Waals surface area contributed by atoms with Gasteiger partial charge in [-0.15, -0.1) is 0 Å². The Bertz CT molecular complexity index is 1280. The van der Waals surface area contributed by atoms with E-state index in [1.807, 2.05) is 35.2 Å². The summed E-state index contributed by atoms with van der Waals surface area (Å²) < 4.78 is 10.6. The van der Waals surface area contributed by atoms with Crippen LogP contribution in [-0.4, -0.2) is 102 Å². The van der Waals surface area contributed by atoms with E-state index in [1.54, 1.807) is 6.92 Å². The van der Waals surface area contributed by atoms with Crippen LogP contribution >= 0.6 is 0 Å². The molecule has 0 bridgehead atoms. The zero-order valence-corrected chi connectivity index (χ0v) is 23.8. The van der Waals surface area contributed by atoms with Crippen molar-refractivity contribution in [3.8, 4) is 11.5 Å². The van der Waals surface area contributed by atoms with E-state index < -0.39 is 35.5 Å². The Morgan fingerprint density at radius 2 is 1.60 bits per heavy atom. The van der Waals surface area contributed by atoms with Crippen molar-refractivity contribution in [2.45, 2.75) is 50.4 Å². The van der Waals surface area contributed by atoms with Gasteiger partial charge in [0.1, 0.15) is 29.2 Å². The minimum atomic E-state index is -1.22. The minimum absolute atomic E-state index is 0.108. The summed E-state index contributed by atoms with van der Waals surface area (Å²) in [6.45, 7) is 5.80. The maximum atomic E-state index is 13.7. The number of Topliss-reactive ketones (excluding diaryl/α,β-unsaturated/α-hetero) is 1. The van der Waals surface area contributed by atoms with Crippen LogP contribution in [0.5, 0.6) is 11.5 Å². The van der Waals surface area contributed by atoms with Crippen LogP contribution in [-0.2, 0) is 41.5 Å². The fraction of sp³-hybridized carbons (Fsp3) is 0.467. The number of hydrogen-bond donors (Lipinski definition) is 5. The molecule has 2 fully saturated rings. The molecule has 0 radical (unpaired) electrons. The highest BCUT2D eigenvalue weighted by atomic mass is 16.6. The van der Waals surface area contributed by atoms with Gasteiger partial charge in [0, 0.05) is 25.6 Å². The summed E-state index contributed by atoms with van der Waals surface area (Å²) in [4.78, 5) is 54.6. The van der Waals surface area contributed by atoms with Crippen LogP contribution < -0.4 is 16.0 Å². The van der Waals surface area contributed by atoms with Gasteiger partial charge in [-0.3, -0.25) is 24.1 Å². The Labute approximate surface area is 244 Å². The number of amides is 3. The molecule has 4 rings (SSSR count). The quantitative estimate of drug-likeness (QED) is 0.205. The third-order valence-electron chi connectivity index (χ3n) is 7.38. The lowest BCUT2D eigenvalue weighted by Crippen LogP contribution is -2.57. The maximum absolute atomic E-state index is 13.7. The van der Waals surface area contributed by atoms with Crippen LogP contribution in [0, 0.1) is 0 Å². The average molecular weight is 583 g/mol. The predicted octanol–water partition coefficient (Wildman–Crippen LogP) is 0.0475. The molecular weight excluding hydrogens is 544 g/mol. The number of phenolic OH excluding ortho intramolecular Hbond substituents is 2. The summed E-state index contributed by atoms with van der Waals surface area (Å²) in [5.41, 5.74) is 0.120. The van der Waals surface area contributed by atoms with Crippen LogP contribution in [0.4, 0.5) is 0 Å². The molecule has 5 N–H and O–H groups in total. The molecule has 2 aliphatic rings. The molecule has 4 atom stereocenters. The van der Waals surface area contributed by atoms with Crippen LogP contribution in [0.2, 0.25) is 0 Å². The number of nitrogens with one attached hydrogen (secondary N) is 3. The largest absolute Gasteiger partial charge is 0.508 e. The zero-order valence-electron chi connectivity index (χ0n) is 23.8.